The minimum Gasteiger partial charge on any atom is -0.383 e. The van der Waals surface area contributed by atoms with Gasteiger partial charge in [-0.2, -0.15) is 0 Å². The zero-order chi connectivity index (χ0) is 19.8. The first-order chi connectivity index (χ1) is 13.7. The molecule has 5 nitrogen and oxygen atoms in total. The van der Waals surface area contributed by atoms with Crippen LogP contribution in [-0.4, -0.2) is 50.1 Å². The Hall–Kier alpha value is -2.66. The van der Waals surface area contributed by atoms with Gasteiger partial charge < -0.3 is 15.0 Å². The number of rotatable bonds is 7. The maximum absolute atomic E-state index is 12.8. The number of methoxy groups -OCH3 is 1. The maximum atomic E-state index is 12.8. The summed E-state index contributed by atoms with van der Waals surface area (Å²) >= 11 is 0. The molecule has 28 heavy (non-hydrogen) atoms. The summed E-state index contributed by atoms with van der Waals surface area (Å²) in [6.07, 6.45) is 3.14. The van der Waals surface area contributed by atoms with Crippen LogP contribution in [0.2, 0.25) is 0 Å². The van der Waals surface area contributed by atoms with Gasteiger partial charge in [-0.05, 0) is 55.0 Å². The van der Waals surface area contributed by atoms with E-state index in [0.29, 0.717) is 30.2 Å². The van der Waals surface area contributed by atoms with E-state index < -0.39 is 0 Å². The van der Waals surface area contributed by atoms with Crippen molar-refractivity contribution in [3.63, 3.8) is 0 Å². The Bertz CT molecular complexity index is 766. The van der Waals surface area contributed by atoms with Crippen LogP contribution in [-0.2, 0) is 11.2 Å². The van der Waals surface area contributed by atoms with E-state index in [1.165, 1.54) is 5.56 Å². The van der Waals surface area contributed by atoms with Crippen LogP contribution in [0.25, 0.3) is 0 Å². The van der Waals surface area contributed by atoms with E-state index in [9.17, 15) is 9.59 Å². The molecule has 2 aromatic carbocycles. The highest BCUT2D eigenvalue weighted by Gasteiger charge is 2.23. The van der Waals surface area contributed by atoms with Crippen molar-refractivity contribution in [1.29, 1.82) is 0 Å². The second-order valence-corrected chi connectivity index (χ2v) is 7.25. The third-order valence-corrected chi connectivity index (χ3v) is 5.25. The molecule has 0 aromatic heterocycles. The van der Waals surface area contributed by atoms with Gasteiger partial charge in [0, 0.05) is 37.9 Å². The molecule has 5 heteroatoms. The molecule has 0 bridgehead atoms. The molecule has 1 aliphatic heterocycles. The lowest BCUT2D eigenvalue weighted by molar-refractivity contribution is 0.0690. The molecule has 1 heterocycles. The van der Waals surface area contributed by atoms with Crippen LogP contribution in [0, 0.1) is 5.92 Å². The fourth-order valence-electron chi connectivity index (χ4n) is 3.60. The summed E-state index contributed by atoms with van der Waals surface area (Å²) in [5.41, 5.74) is 2.55. The van der Waals surface area contributed by atoms with Crippen molar-refractivity contribution in [2.75, 3.05) is 33.4 Å². The number of piperidine rings is 1. The highest BCUT2D eigenvalue weighted by Crippen LogP contribution is 2.23. The van der Waals surface area contributed by atoms with Crippen molar-refractivity contribution < 1.29 is 14.3 Å². The normalized spacial score (nSPS) is 14.7. The minimum absolute atomic E-state index is 0.0458. The van der Waals surface area contributed by atoms with Gasteiger partial charge in [0.15, 0.2) is 0 Å². The molecular formula is C23H28N2O3. The molecule has 1 fully saturated rings. The third-order valence-electron chi connectivity index (χ3n) is 5.25. The van der Waals surface area contributed by atoms with E-state index in [2.05, 4.69) is 29.6 Å². The standard InChI is InChI=1S/C23H28N2O3/c1-28-16-13-24-22(26)20-7-9-21(10-8-20)23(27)25-14-11-19(12-15-25)17-18-5-3-2-4-6-18/h2-10,19H,11-17H2,1H3,(H,24,26). The smallest absolute Gasteiger partial charge is 0.253 e. The fourth-order valence-corrected chi connectivity index (χ4v) is 3.60. The number of ether oxygens (including phenoxy) is 1. The van der Waals surface area contributed by atoms with Crippen LogP contribution in [0.4, 0.5) is 0 Å². The number of carbonyl (C=O) groups is 2. The molecule has 0 unspecified atom stereocenters. The van der Waals surface area contributed by atoms with E-state index in [0.717, 1.165) is 32.4 Å². The Morgan fingerprint density at radius 1 is 1.00 bits per heavy atom. The second kappa shape index (κ2) is 10.0. The Morgan fingerprint density at radius 3 is 2.29 bits per heavy atom. The van der Waals surface area contributed by atoms with Crippen molar-refractivity contribution in [2.24, 2.45) is 5.92 Å². The van der Waals surface area contributed by atoms with Gasteiger partial charge in [0.1, 0.15) is 0 Å². The molecule has 148 valence electrons. The molecule has 0 aliphatic carbocycles. The molecule has 2 amide bonds. The van der Waals surface area contributed by atoms with Crippen molar-refractivity contribution in [3.05, 3.63) is 71.3 Å². The largest absolute Gasteiger partial charge is 0.383 e. The average molecular weight is 380 g/mol. The quantitative estimate of drug-likeness (QED) is 0.751. The monoisotopic (exact) mass is 380 g/mol. The van der Waals surface area contributed by atoms with E-state index in [1.807, 2.05) is 11.0 Å². The van der Waals surface area contributed by atoms with Crippen molar-refractivity contribution in [3.8, 4) is 0 Å². The molecule has 1 N–H and O–H groups in total. The van der Waals surface area contributed by atoms with Gasteiger partial charge in [0.05, 0.1) is 6.61 Å². The number of hydrogen-bond donors (Lipinski definition) is 1. The minimum atomic E-state index is -0.155. The first-order valence-electron chi connectivity index (χ1n) is 9.88. The molecular weight excluding hydrogens is 352 g/mol. The van der Waals surface area contributed by atoms with Gasteiger partial charge in [0.25, 0.3) is 11.8 Å². The average Bonchev–Trinajstić information content (AvgIpc) is 2.75. The zero-order valence-corrected chi connectivity index (χ0v) is 16.4. The molecule has 1 aliphatic rings. The molecule has 1 saturated heterocycles. The van der Waals surface area contributed by atoms with Crippen LogP contribution in [0.5, 0.6) is 0 Å². The summed E-state index contributed by atoms with van der Waals surface area (Å²) in [6, 6.07) is 17.4. The predicted octanol–water partition coefficient (Wildman–Crippen LogP) is 3.16. The van der Waals surface area contributed by atoms with Crippen LogP contribution in [0.1, 0.15) is 39.1 Å². The fraction of sp³-hybridized carbons (Fsp3) is 0.391. The molecule has 3 rings (SSSR count). The summed E-state index contributed by atoms with van der Waals surface area (Å²) in [5.74, 6) is 0.520. The van der Waals surface area contributed by atoms with Crippen molar-refractivity contribution in [2.45, 2.75) is 19.3 Å². The summed E-state index contributed by atoms with van der Waals surface area (Å²) in [7, 11) is 1.59. The van der Waals surface area contributed by atoms with Gasteiger partial charge in [-0.25, -0.2) is 0 Å². The van der Waals surface area contributed by atoms with E-state index >= 15 is 0 Å². The van der Waals surface area contributed by atoms with Gasteiger partial charge >= 0.3 is 0 Å². The van der Waals surface area contributed by atoms with Gasteiger partial charge in [0.2, 0.25) is 0 Å². The highest BCUT2D eigenvalue weighted by atomic mass is 16.5. The van der Waals surface area contributed by atoms with Crippen molar-refractivity contribution >= 4 is 11.8 Å². The van der Waals surface area contributed by atoms with Crippen LogP contribution >= 0.6 is 0 Å². The topological polar surface area (TPSA) is 58.6 Å². The van der Waals surface area contributed by atoms with Crippen molar-refractivity contribution in [1.82, 2.24) is 10.2 Å². The lowest BCUT2D eigenvalue weighted by atomic mass is 9.90. The summed E-state index contributed by atoms with van der Waals surface area (Å²) in [4.78, 5) is 26.7. The zero-order valence-electron chi connectivity index (χ0n) is 16.4. The Labute approximate surface area is 166 Å². The summed E-state index contributed by atoms with van der Waals surface area (Å²) < 4.78 is 4.92. The first kappa shape index (κ1) is 20.1. The molecule has 2 aromatic rings. The van der Waals surface area contributed by atoms with Crippen LogP contribution in [0.3, 0.4) is 0 Å². The first-order valence-corrected chi connectivity index (χ1v) is 9.88. The lowest BCUT2D eigenvalue weighted by Gasteiger charge is -2.32. The third kappa shape index (κ3) is 5.42. The van der Waals surface area contributed by atoms with E-state index in [4.69, 9.17) is 4.74 Å². The number of hydrogen-bond acceptors (Lipinski definition) is 3. The van der Waals surface area contributed by atoms with Crippen LogP contribution < -0.4 is 5.32 Å². The van der Waals surface area contributed by atoms with Gasteiger partial charge in [-0.1, -0.05) is 30.3 Å². The number of nitrogens with zero attached hydrogens (tertiary/aromatic N) is 1. The molecule has 0 atom stereocenters. The summed E-state index contributed by atoms with van der Waals surface area (Å²) in [6.45, 7) is 2.52. The predicted molar refractivity (Wildman–Crippen MR) is 109 cm³/mol. The molecule has 0 saturated carbocycles. The Morgan fingerprint density at radius 2 is 1.64 bits per heavy atom. The Balaban J connectivity index is 1.50. The number of benzene rings is 2. The number of nitrogens with one attached hydrogen (secondary N) is 1. The number of amides is 2. The van der Waals surface area contributed by atoms with E-state index in [1.54, 1.807) is 31.4 Å². The van der Waals surface area contributed by atoms with Gasteiger partial charge in [-0.3, -0.25) is 9.59 Å². The van der Waals surface area contributed by atoms with E-state index in [-0.39, 0.29) is 11.8 Å². The molecule has 0 spiro atoms. The number of likely N-dealkylation sites (tertiary alicyclic amines) is 1. The van der Waals surface area contributed by atoms with Crippen LogP contribution in [0.15, 0.2) is 54.6 Å². The number of carbonyl (C=O) groups excluding carboxylic acids is 2. The second-order valence-electron chi connectivity index (χ2n) is 7.25. The lowest BCUT2D eigenvalue weighted by Crippen LogP contribution is -2.39. The van der Waals surface area contributed by atoms with Gasteiger partial charge in [-0.15, -0.1) is 0 Å². The molecule has 0 radical (unpaired) electrons. The summed E-state index contributed by atoms with van der Waals surface area (Å²) in [5, 5.41) is 2.78. The highest BCUT2D eigenvalue weighted by molar-refractivity contribution is 5.97. The Kier molecular flexibility index (Phi) is 7.20. The maximum Gasteiger partial charge on any atom is 0.253 e. The SMILES string of the molecule is COCCNC(=O)c1ccc(C(=O)N2CCC(Cc3ccccc3)CC2)cc1.